The van der Waals surface area contributed by atoms with E-state index in [-0.39, 0.29) is 24.1 Å². The summed E-state index contributed by atoms with van der Waals surface area (Å²) in [5.41, 5.74) is -1.20. The van der Waals surface area contributed by atoms with Crippen LogP contribution in [0.15, 0.2) is 48.5 Å². The minimum atomic E-state index is -4.82. The van der Waals surface area contributed by atoms with Gasteiger partial charge in [-0.2, -0.15) is 18.4 Å². The Labute approximate surface area is 203 Å². The number of imide groups is 1. The number of nitriles is 1. The third-order valence-electron chi connectivity index (χ3n) is 7.97. The second kappa shape index (κ2) is 7.90. The number of carbonyl (C=O) groups is 3. The molecular weight excluding hydrogens is 475 g/mol. The number of piperidine rings is 2. The van der Waals surface area contributed by atoms with Gasteiger partial charge in [-0.1, -0.05) is 30.3 Å². The smallest absolute Gasteiger partial charge is 0.417 e. The first-order valence-electron chi connectivity index (χ1n) is 11.7. The maximum atomic E-state index is 13.5. The summed E-state index contributed by atoms with van der Waals surface area (Å²) in [6.45, 7) is 0.0713. The first-order chi connectivity index (χ1) is 17.2. The fourth-order valence-corrected chi connectivity index (χ4v) is 6.42. The van der Waals surface area contributed by atoms with Gasteiger partial charge in [0.1, 0.15) is 12.6 Å². The number of alkyl halides is 3. The summed E-state index contributed by atoms with van der Waals surface area (Å²) in [6, 6.07) is 12.3. The number of fused-ring (bicyclic) bond motifs is 1. The van der Waals surface area contributed by atoms with Crippen LogP contribution in [-0.4, -0.2) is 29.9 Å². The zero-order valence-electron chi connectivity index (χ0n) is 18.7. The molecule has 3 aliphatic heterocycles. The Morgan fingerprint density at radius 2 is 1.81 bits per heavy atom. The Kier molecular flexibility index (Phi) is 4.99. The number of benzene rings is 2. The van der Waals surface area contributed by atoms with E-state index >= 15 is 0 Å². The molecule has 2 aromatic carbocycles. The second-order valence-electron chi connectivity index (χ2n) is 9.81. The topological polar surface area (TPSA) is 99.5 Å². The van der Waals surface area contributed by atoms with Crippen molar-refractivity contribution in [2.75, 3.05) is 4.90 Å². The normalized spacial score (nSPS) is 32.1. The molecule has 7 nitrogen and oxygen atoms in total. The van der Waals surface area contributed by atoms with E-state index in [0.717, 1.165) is 23.0 Å². The first kappa shape index (κ1) is 22.7. The summed E-state index contributed by atoms with van der Waals surface area (Å²) in [4.78, 5) is 40.8. The highest BCUT2D eigenvalue weighted by Gasteiger charge is 2.72. The number of ether oxygens (including phenoxy) is 1. The standard InChI is InChI=1S/C26H20F3N3O4/c27-26(28,29)17-8-14(7-6-13(17)10-30)32-23(33)19-18-15-9-16(15)21(20(19)24(32)34)31-22(18)25(35)36-11-12-4-2-1-3-5-12/h1-8,15-16,18-22,31H,9,11H2/t15-,16+,18-,19+,20+,21+,22+/m0/s1. The quantitative estimate of drug-likeness (QED) is 0.517. The monoisotopic (exact) mass is 495 g/mol. The molecule has 2 aromatic rings. The van der Waals surface area contributed by atoms with Crippen molar-refractivity contribution in [2.45, 2.75) is 31.3 Å². The van der Waals surface area contributed by atoms with Gasteiger partial charge >= 0.3 is 12.1 Å². The summed E-state index contributed by atoms with van der Waals surface area (Å²) >= 11 is 0. The molecule has 1 N–H and O–H groups in total. The fourth-order valence-electron chi connectivity index (χ4n) is 6.42. The van der Waals surface area contributed by atoms with Gasteiger partial charge in [-0.05, 0) is 42.0 Å². The molecule has 2 saturated carbocycles. The van der Waals surface area contributed by atoms with Gasteiger partial charge in [0.05, 0.1) is 34.7 Å². The number of rotatable bonds is 4. The van der Waals surface area contributed by atoms with E-state index < -0.39 is 64.9 Å². The van der Waals surface area contributed by atoms with Crippen LogP contribution in [0.3, 0.4) is 0 Å². The number of esters is 1. The Bertz CT molecular complexity index is 1320. The fraction of sp³-hybridized carbons (Fsp3) is 0.385. The summed E-state index contributed by atoms with van der Waals surface area (Å²) in [7, 11) is 0. The summed E-state index contributed by atoms with van der Waals surface area (Å²) in [6.07, 6.45) is -4.04. The van der Waals surface area contributed by atoms with Crippen LogP contribution in [0.1, 0.15) is 23.1 Å². The Balaban J connectivity index is 1.29. The average molecular weight is 495 g/mol. The maximum Gasteiger partial charge on any atom is 0.417 e. The molecule has 36 heavy (non-hydrogen) atoms. The first-order valence-corrected chi connectivity index (χ1v) is 11.7. The van der Waals surface area contributed by atoms with Gasteiger partial charge in [0.15, 0.2) is 0 Å². The molecule has 10 heteroatoms. The van der Waals surface area contributed by atoms with E-state index in [1.807, 2.05) is 30.3 Å². The van der Waals surface area contributed by atoms with Crippen LogP contribution in [-0.2, 0) is 31.9 Å². The van der Waals surface area contributed by atoms with Crippen molar-refractivity contribution in [3.63, 3.8) is 0 Å². The van der Waals surface area contributed by atoms with Gasteiger partial charge in [0.25, 0.3) is 0 Å². The summed E-state index contributed by atoms with van der Waals surface area (Å²) < 4.78 is 46.1. The zero-order valence-corrected chi connectivity index (χ0v) is 18.7. The molecule has 3 saturated heterocycles. The second-order valence-corrected chi connectivity index (χ2v) is 9.81. The molecule has 0 spiro atoms. The minimum absolute atomic E-state index is 0.0713. The van der Waals surface area contributed by atoms with Gasteiger partial charge in [0, 0.05) is 12.0 Å². The number of nitrogens with zero attached hydrogens (tertiary/aromatic N) is 2. The van der Waals surface area contributed by atoms with Crippen molar-refractivity contribution in [3.8, 4) is 6.07 Å². The highest BCUT2D eigenvalue weighted by molar-refractivity contribution is 6.23. The van der Waals surface area contributed by atoms with Crippen LogP contribution in [0.2, 0.25) is 0 Å². The molecule has 2 amide bonds. The highest BCUT2D eigenvalue weighted by atomic mass is 19.4. The zero-order chi connectivity index (χ0) is 25.4. The van der Waals surface area contributed by atoms with Crippen molar-refractivity contribution in [1.82, 2.24) is 5.32 Å². The van der Waals surface area contributed by atoms with Crippen molar-refractivity contribution >= 4 is 23.5 Å². The van der Waals surface area contributed by atoms with Gasteiger partial charge in [0.2, 0.25) is 11.8 Å². The predicted octanol–water partition coefficient (Wildman–Crippen LogP) is 3.03. The van der Waals surface area contributed by atoms with Crippen molar-refractivity contribution in [1.29, 1.82) is 5.26 Å². The predicted molar refractivity (Wildman–Crippen MR) is 118 cm³/mol. The van der Waals surface area contributed by atoms with Gasteiger partial charge in [-0.25, -0.2) is 4.90 Å². The SMILES string of the molecule is N#Cc1ccc(N2C(=O)[C@H]3[C@@H]4N[C@@H](C(=O)OCc5ccccc5)[C@@H]([C@H]5C[C@H]54)[C@H]3C2=O)cc1C(F)(F)F. The van der Waals surface area contributed by atoms with Crippen molar-refractivity contribution in [3.05, 3.63) is 65.2 Å². The number of halogens is 3. The molecule has 2 aliphatic carbocycles. The van der Waals surface area contributed by atoms with E-state index in [4.69, 9.17) is 10.00 Å². The average Bonchev–Trinajstić information content (AvgIpc) is 3.64. The largest absolute Gasteiger partial charge is 0.460 e. The molecule has 0 aromatic heterocycles. The van der Waals surface area contributed by atoms with Crippen LogP contribution < -0.4 is 10.2 Å². The lowest BCUT2D eigenvalue weighted by molar-refractivity contribution is -0.156. The van der Waals surface area contributed by atoms with E-state index in [0.29, 0.717) is 6.07 Å². The number of carbonyl (C=O) groups excluding carboxylic acids is 3. The summed E-state index contributed by atoms with van der Waals surface area (Å²) in [5.74, 6) is -3.52. The van der Waals surface area contributed by atoms with Crippen LogP contribution in [0, 0.1) is 40.9 Å². The lowest BCUT2D eigenvalue weighted by Crippen LogP contribution is -2.65. The van der Waals surface area contributed by atoms with Gasteiger partial charge in [-0.3, -0.25) is 14.4 Å². The maximum absolute atomic E-state index is 13.5. The number of hydrogen-bond donors (Lipinski definition) is 1. The van der Waals surface area contributed by atoms with Crippen LogP contribution >= 0.6 is 0 Å². The molecule has 3 heterocycles. The number of amides is 2. The Hall–Kier alpha value is -3.71. The van der Waals surface area contributed by atoms with E-state index in [1.54, 1.807) is 0 Å². The van der Waals surface area contributed by atoms with Crippen molar-refractivity contribution in [2.24, 2.45) is 29.6 Å². The Morgan fingerprint density at radius 3 is 2.50 bits per heavy atom. The minimum Gasteiger partial charge on any atom is -0.460 e. The van der Waals surface area contributed by atoms with E-state index in [2.05, 4.69) is 5.32 Å². The van der Waals surface area contributed by atoms with Crippen LogP contribution in [0.25, 0.3) is 0 Å². The van der Waals surface area contributed by atoms with Gasteiger partial charge < -0.3 is 10.1 Å². The molecule has 5 fully saturated rings. The third kappa shape index (κ3) is 3.33. The summed E-state index contributed by atoms with van der Waals surface area (Å²) in [5, 5.41) is 12.3. The lowest BCUT2D eigenvalue weighted by atomic mass is 9.64. The molecule has 0 radical (unpaired) electrons. The van der Waals surface area contributed by atoms with Crippen molar-refractivity contribution < 1.29 is 32.3 Å². The molecular formula is C26H20F3N3O4. The van der Waals surface area contributed by atoms with E-state index in [9.17, 15) is 27.6 Å². The number of anilines is 1. The number of hydrogen-bond acceptors (Lipinski definition) is 6. The molecule has 5 aliphatic rings. The van der Waals surface area contributed by atoms with Crippen LogP contribution in [0.4, 0.5) is 18.9 Å². The van der Waals surface area contributed by atoms with Gasteiger partial charge in [-0.15, -0.1) is 0 Å². The molecule has 2 bridgehead atoms. The lowest BCUT2D eigenvalue weighted by Gasteiger charge is -2.47. The third-order valence-corrected chi connectivity index (χ3v) is 7.97. The van der Waals surface area contributed by atoms with Crippen LogP contribution in [0.5, 0.6) is 0 Å². The Morgan fingerprint density at radius 1 is 1.08 bits per heavy atom. The van der Waals surface area contributed by atoms with E-state index in [1.165, 1.54) is 12.1 Å². The molecule has 7 atom stereocenters. The molecule has 7 rings (SSSR count). The number of nitrogens with one attached hydrogen (secondary N) is 1. The highest BCUT2D eigenvalue weighted by Crippen LogP contribution is 2.63. The molecule has 0 unspecified atom stereocenters. The molecule has 184 valence electrons.